The van der Waals surface area contributed by atoms with Gasteiger partial charge in [0.2, 0.25) is 0 Å². The number of nitrogens with zero attached hydrogens (tertiary/aromatic N) is 4. The second-order valence-electron chi connectivity index (χ2n) is 3.63. The lowest BCUT2D eigenvalue weighted by molar-refractivity contribution is 0.441. The molecule has 0 saturated heterocycles. The molecule has 0 unspecified atom stereocenters. The van der Waals surface area contributed by atoms with Gasteiger partial charge in [-0.2, -0.15) is 10.2 Å². The van der Waals surface area contributed by atoms with Crippen LogP contribution in [0.3, 0.4) is 0 Å². The van der Waals surface area contributed by atoms with Gasteiger partial charge in [0.25, 0.3) is 0 Å². The first-order valence-electron chi connectivity index (χ1n) is 6.45. The topological polar surface area (TPSA) is 66.9 Å². The second kappa shape index (κ2) is 11.6. The van der Waals surface area contributed by atoms with E-state index >= 15 is 0 Å². The van der Waals surface area contributed by atoms with Crippen LogP contribution in [0.15, 0.2) is 58.6 Å². The van der Waals surface area contributed by atoms with E-state index in [2.05, 4.69) is 21.9 Å². The second-order valence-corrected chi connectivity index (χ2v) is 3.63. The van der Waals surface area contributed by atoms with Crippen molar-refractivity contribution in [3.8, 4) is 0 Å². The molecule has 108 valence electrons. The molecule has 1 heterocycles. The van der Waals surface area contributed by atoms with Crippen molar-refractivity contribution in [3.05, 3.63) is 54.1 Å². The molecule has 0 radical (unpaired) electrons. The zero-order valence-electron chi connectivity index (χ0n) is 12.4. The lowest BCUT2D eigenvalue weighted by atomic mass is 10.3. The van der Waals surface area contributed by atoms with Crippen LogP contribution in [-0.2, 0) is 6.54 Å². The summed E-state index contributed by atoms with van der Waals surface area (Å²) in [5, 5.41) is 6.92. The van der Waals surface area contributed by atoms with Crippen molar-refractivity contribution in [2.45, 2.75) is 20.4 Å². The summed E-state index contributed by atoms with van der Waals surface area (Å²) >= 11 is 0. The van der Waals surface area contributed by atoms with Gasteiger partial charge in [-0.05, 0) is 24.3 Å². The minimum atomic E-state index is 0.629. The van der Waals surface area contributed by atoms with Gasteiger partial charge >= 0.3 is 0 Å². The lowest BCUT2D eigenvalue weighted by Gasteiger charge is -2.13. The molecule has 1 aromatic heterocycles. The zero-order valence-corrected chi connectivity index (χ0v) is 12.4. The fourth-order valence-electron chi connectivity index (χ4n) is 1.33. The molecule has 0 aromatic carbocycles. The number of pyridine rings is 1. The van der Waals surface area contributed by atoms with E-state index in [9.17, 15) is 0 Å². The van der Waals surface area contributed by atoms with Crippen LogP contribution in [0.2, 0.25) is 0 Å². The lowest BCUT2D eigenvalue weighted by Crippen LogP contribution is -2.13. The van der Waals surface area contributed by atoms with Crippen LogP contribution in [0.1, 0.15) is 19.5 Å². The highest BCUT2D eigenvalue weighted by atomic mass is 15.2. The predicted octanol–water partition coefficient (Wildman–Crippen LogP) is 2.58. The highest BCUT2D eigenvalue weighted by molar-refractivity contribution is 5.71. The maximum Gasteiger partial charge on any atom is 0.0596 e. The normalized spacial score (nSPS) is 11.2. The molecule has 0 amide bonds. The maximum atomic E-state index is 5.81. The Labute approximate surface area is 121 Å². The van der Waals surface area contributed by atoms with Gasteiger partial charge in [0.1, 0.15) is 0 Å². The number of aromatic nitrogens is 1. The third-order valence-electron chi connectivity index (χ3n) is 2.03. The largest absolute Gasteiger partial charge is 0.398 e. The van der Waals surface area contributed by atoms with Crippen LogP contribution in [0, 0.1) is 0 Å². The molecule has 2 N–H and O–H groups in total. The van der Waals surface area contributed by atoms with Crippen molar-refractivity contribution >= 4 is 12.9 Å². The van der Waals surface area contributed by atoms with E-state index in [1.807, 2.05) is 50.2 Å². The first-order valence-corrected chi connectivity index (χ1v) is 6.45. The van der Waals surface area contributed by atoms with E-state index in [0.717, 1.165) is 5.69 Å². The van der Waals surface area contributed by atoms with Crippen molar-refractivity contribution in [2.24, 2.45) is 15.9 Å². The number of hydrogen-bond acceptors (Lipinski definition) is 5. The Morgan fingerprint density at radius 3 is 2.80 bits per heavy atom. The highest BCUT2D eigenvalue weighted by Gasteiger charge is 1.96. The number of allylic oxidation sites excluding steroid dienone is 2. The Kier molecular flexibility index (Phi) is 10.2. The van der Waals surface area contributed by atoms with Crippen LogP contribution in [0.25, 0.3) is 0 Å². The van der Waals surface area contributed by atoms with Gasteiger partial charge in [-0.25, -0.2) is 0 Å². The monoisotopic (exact) mass is 273 g/mol. The molecular weight excluding hydrogens is 250 g/mol. The standard InChI is InChI=1S/C13H17N5.C2H6/c1-15-17-9-5-6-12(14)10-18(2)11-13-7-3-4-8-16-13;1-2/h3-10H,1,11,14H2,2H3;1-2H3/b6-5-,12-10+,17-9+;. The number of rotatable bonds is 6. The molecular formula is C15H23N5. The fourth-order valence-corrected chi connectivity index (χ4v) is 1.33. The third-order valence-corrected chi connectivity index (χ3v) is 2.03. The van der Waals surface area contributed by atoms with Crippen LogP contribution < -0.4 is 5.73 Å². The summed E-state index contributed by atoms with van der Waals surface area (Å²) in [5.74, 6) is 0. The molecule has 0 fully saturated rings. The van der Waals surface area contributed by atoms with Crippen molar-refractivity contribution in [1.29, 1.82) is 0 Å². The van der Waals surface area contributed by atoms with Gasteiger partial charge in [0.05, 0.1) is 12.2 Å². The molecule has 0 spiro atoms. The molecule has 0 aliphatic carbocycles. The van der Waals surface area contributed by atoms with Gasteiger partial charge in [0.15, 0.2) is 0 Å². The Morgan fingerprint density at radius 1 is 1.45 bits per heavy atom. The van der Waals surface area contributed by atoms with Gasteiger partial charge < -0.3 is 10.6 Å². The molecule has 5 heteroatoms. The third kappa shape index (κ3) is 8.63. The van der Waals surface area contributed by atoms with Crippen molar-refractivity contribution in [1.82, 2.24) is 9.88 Å². The average molecular weight is 273 g/mol. The fraction of sp³-hybridized carbons (Fsp3) is 0.267. The first kappa shape index (κ1) is 17.6. The van der Waals surface area contributed by atoms with Gasteiger partial charge in [-0.1, -0.05) is 19.9 Å². The van der Waals surface area contributed by atoms with Gasteiger partial charge in [0, 0.05) is 38.1 Å². The Hall–Kier alpha value is -2.43. The van der Waals surface area contributed by atoms with E-state index in [0.29, 0.717) is 12.2 Å². The molecule has 0 aliphatic rings. The summed E-state index contributed by atoms with van der Waals surface area (Å²) < 4.78 is 0. The van der Waals surface area contributed by atoms with Crippen LogP contribution in [0.5, 0.6) is 0 Å². The van der Waals surface area contributed by atoms with Crippen molar-refractivity contribution < 1.29 is 0 Å². The minimum Gasteiger partial charge on any atom is -0.398 e. The number of hydrogen-bond donors (Lipinski definition) is 1. The molecule has 0 atom stereocenters. The summed E-state index contributed by atoms with van der Waals surface area (Å²) in [7, 11) is 1.94. The first-order chi connectivity index (χ1) is 9.72. The Morgan fingerprint density at radius 2 is 2.20 bits per heavy atom. The van der Waals surface area contributed by atoms with E-state index in [4.69, 9.17) is 5.73 Å². The highest BCUT2D eigenvalue weighted by Crippen LogP contribution is 2.00. The molecule has 1 aromatic rings. The van der Waals surface area contributed by atoms with E-state index in [1.54, 1.807) is 18.3 Å². The van der Waals surface area contributed by atoms with Gasteiger partial charge in [-0.15, -0.1) is 0 Å². The minimum absolute atomic E-state index is 0.629. The Bertz CT molecular complexity index is 449. The summed E-state index contributed by atoms with van der Waals surface area (Å²) in [6.45, 7) is 7.94. The maximum absolute atomic E-state index is 5.81. The van der Waals surface area contributed by atoms with Crippen LogP contribution in [0.4, 0.5) is 0 Å². The molecule has 20 heavy (non-hydrogen) atoms. The van der Waals surface area contributed by atoms with E-state index in [-0.39, 0.29) is 0 Å². The summed E-state index contributed by atoms with van der Waals surface area (Å²) in [6, 6.07) is 5.82. The summed E-state index contributed by atoms with van der Waals surface area (Å²) in [5.41, 5.74) is 7.43. The zero-order chi connectivity index (χ0) is 15.2. The van der Waals surface area contributed by atoms with Crippen molar-refractivity contribution in [3.63, 3.8) is 0 Å². The SMILES string of the molecule is C=N/N=C/C=C\C(N)=C/N(C)Cc1ccccn1.CC. The average Bonchev–Trinajstić information content (AvgIpc) is 2.46. The van der Waals surface area contributed by atoms with E-state index in [1.165, 1.54) is 6.21 Å². The van der Waals surface area contributed by atoms with E-state index < -0.39 is 0 Å². The molecule has 0 bridgehead atoms. The molecule has 0 aliphatic heterocycles. The van der Waals surface area contributed by atoms with Gasteiger partial charge in [-0.3, -0.25) is 4.98 Å². The molecule has 5 nitrogen and oxygen atoms in total. The van der Waals surface area contributed by atoms with Crippen molar-refractivity contribution in [2.75, 3.05) is 7.05 Å². The quantitative estimate of drug-likeness (QED) is 0.492. The Balaban J connectivity index is 0.00000172. The molecule has 1 rings (SSSR count). The van der Waals surface area contributed by atoms with Crippen LogP contribution >= 0.6 is 0 Å². The summed E-state index contributed by atoms with van der Waals surface area (Å²) in [4.78, 5) is 6.21. The summed E-state index contributed by atoms with van der Waals surface area (Å²) in [6.07, 6.45) is 8.57. The smallest absolute Gasteiger partial charge is 0.0596 e. The number of nitrogens with two attached hydrogens (primary N) is 1. The van der Waals surface area contributed by atoms with Crippen LogP contribution in [-0.4, -0.2) is 29.9 Å². The molecule has 0 saturated carbocycles. The predicted molar refractivity (Wildman–Crippen MR) is 86.5 cm³/mol.